The van der Waals surface area contributed by atoms with E-state index in [0.717, 1.165) is 0 Å². The summed E-state index contributed by atoms with van der Waals surface area (Å²) in [6.07, 6.45) is -0.404. The number of rotatable bonds is 7. The molecule has 0 heterocycles. The van der Waals surface area contributed by atoms with E-state index in [4.69, 9.17) is 10.2 Å². The van der Waals surface area contributed by atoms with Crippen LogP contribution >= 0.6 is 0 Å². The maximum absolute atomic E-state index is 10.5. The van der Waals surface area contributed by atoms with Gasteiger partial charge in [0.2, 0.25) is 0 Å². The summed E-state index contributed by atoms with van der Waals surface area (Å²) in [5.74, 6) is -2.26. The Kier molecular flexibility index (Phi) is 5.82. The maximum Gasteiger partial charge on any atom is 0.321 e. The van der Waals surface area contributed by atoms with Gasteiger partial charge in [0.05, 0.1) is 6.42 Å². The van der Waals surface area contributed by atoms with Gasteiger partial charge in [-0.1, -0.05) is 0 Å². The molecule has 4 N–H and O–H groups in total. The van der Waals surface area contributed by atoms with Crippen molar-refractivity contribution in [2.45, 2.75) is 12.5 Å². The SMILES string of the molecule is CNCCN[C@@H](CC(=O)O)C(=O)O. The minimum atomic E-state index is -1.14. The molecule has 0 aliphatic heterocycles. The molecule has 0 spiro atoms. The molecule has 0 radical (unpaired) electrons. The van der Waals surface area contributed by atoms with Gasteiger partial charge >= 0.3 is 11.9 Å². The van der Waals surface area contributed by atoms with Crippen LogP contribution in [0.25, 0.3) is 0 Å². The predicted molar refractivity (Wildman–Crippen MR) is 45.6 cm³/mol. The average Bonchev–Trinajstić information content (AvgIpc) is 2.02. The van der Waals surface area contributed by atoms with E-state index >= 15 is 0 Å². The highest BCUT2D eigenvalue weighted by molar-refractivity contribution is 5.80. The molecule has 0 saturated carbocycles. The lowest BCUT2D eigenvalue weighted by Crippen LogP contribution is -2.41. The van der Waals surface area contributed by atoms with Gasteiger partial charge in [0.15, 0.2) is 0 Å². The Labute approximate surface area is 75.9 Å². The van der Waals surface area contributed by atoms with E-state index in [1.807, 2.05) is 0 Å². The van der Waals surface area contributed by atoms with Gasteiger partial charge in [-0.15, -0.1) is 0 Å². The number of carboxylic acid groups (broad SMARTS) is 2. The first-order chi connectivity index (χ1) is 6.07. The van der Waals surface area contributed by atoms with Gasteiger partial charge in [0.1, 0.15) is 6.04 Å². The summed E-state index contributed by atoms with van der Waals surface area (Å²) in [4.78, 5) is 20.7. The van der Waals surface area contributed by atoms with Gasteiger partial charge in [-0.3, -0.25) is 9.59 Å². The molecule has 0 aliphatic carbocycles. The summed E-state index contributed by atoms with van der Waals surface area (Å²) in [5, 5.41) is 22.4. The average molecular weight is 190 g/mol. The van der Waals surface area contributed by atoms with Crippen LogP contribution < -0.4 is 10.6 Å². The molecular formula is C7H14N2O4. The molecular weight excluding hydrogens is 176 g/mol. The number of aliphatic carboxylic acids is 2. The van der Waals surface area contributed by atoms with Gasteiger partial charge in [0, 0.05) is 13.1 Å². The Morgan fingerprint density at radius 1 is 1.31 bits per heavy atom. The third kappa shape index (κ3) is 6.06. The fraction of sp³-hybridized carbons (Fsp3) is 0.714. The van der Waals surface area contributed by atoms with Crippen molar-refractivity contribution in [2.24, 2.45) is 0 Å². The molecule has 0 aromatic carbocycles. The van der Waals surface area contributed by atoms with E-state index in [-0.39, 0.29) is 0 Å². The predicted octanol–water partition coefficient (Wildman–Crippen LogP) is -1.28. The van der Waals surface area contributed by atoms with Crippen molar-refractivity contribution >= 4 is 11.9 Å². The fourth-order valence-corrected chi connectivity index (χ4v) is 0.793. The number of likely N-dealkylation sites (N-methyl/N-ethyl adjacent to an activating group) is 1. The Bertz CT molecular complexity index is 183. The third-order valence-corrected chi connectivity index (χ3v) is 1.44. The van der Waals surface area contributed by atoms with Gasteiger partial charge in [-0.05, 0) is 7.05 Å². The molecule has 0 saturated heterocycles. The summed E-state index contributed by atoms with van der Waals surface area (Å²) in [6, 6.07) is -1.01. The molecule has 6 nitrogen and oxygen atoms in total. The number of hydrogen-bond acceptors (Lipinski definition) is 4. The van der Waals surface area contributed by atoms with E-state index in [0.29, 0.717) is 13.1 Å². The molecule has 13 heavy (non-hydrogen) atoms. The molecule has 1 atom stereocenters. The molecule has 0 bridgehead atoms. The maximum atomic E-state index is 10.5. The first kappa shape index (κ1) is 11.9. The molecule has 0 aromatic rings. The number of carboxylic acids is 2. The van der Waals surface area contributed by atoms with Gasteiger partial charge in [-0.2, -0.15) is 0 Å². The minimum Gasteiger partial charge on any atom is -0.481 e. The molecule has 0 aliphatic rings. The third-order valence-electron chi connectivity index (χ3n) is 1.44. The zero-order valence-electron chi connectivity index (χ0n) is 7.41. The van der Waals surface area contributed by atoms with Crippen molar-refractivity contribution in [2.75, 3.05) is 20.1 Å². The van der Waals surface area contributed by atoms with Gasteiger partial charge in [0.25, 0.3) is 0 Å². The minimum absolute atomic E-state index is 0.404. The first-order valence-electron chi connectivity index (χ1n) is 3.90. The summed E-state index contributed by atoms with van der Waals surface area (Å²) in [7, 11) is 1.73. The quantitative estimate of drug-likeness (QED) is 0.373. The van der Waals surface area contributed by atoms with Crippen LogP contribution in [-0.2, 0) is 9.59 Å². The monoisotopic (exact) mass is 190 g/mol. The van der Waals surface area contributed by atoms with Crippen molar-refractivity contribution < 1.29 is 19.8 Å². The Hall–Kier alpha value is -1.14. The van der Waals surface area contributed by atoms with Crippen molar-refractivity contribution in [3.8, 4) is 0 Å². The highest BCUT2D eigenvalue weighted by Gasteiger charge is 2.19. The first-order valence-corrected chi connectivity index (χ1v) is 3.90. The number of carbonyl (C=O) groups is 2. The van der Waals surface area contributed by atoms with Crippen LogP contribution in [0, 0.1) is 0 Å². The lowest BCUT2D eigenvalue weighted by Gasteiger charge is -2.11. The molecule has 0 amide bonds. The van der Waals surface area contributed by atoms with E-state index in [1.165, 1.54) is 0 Å². The normalized spacial score (nSPS) is 12.4. The summed E-state index contributed by atoms with van der Waals surface area (Å²) in [5.41, 5.74) is 0. The lowest BCUT2D eigenvalue weighted by molar-refractivity contribution is -0.145. The molecule has 0 unspecified atom stereocenters. The topological polar surface area (TPSA) is 98.7 Å². The van der Waals surface area contributed by atoms with Crippen LogP contribution in [0.2, 0.25) is 0 Å². The molecule has 76 valence electrons. The van der Waals surface area contributed by atoms with Crippen LogP contribution in [0.5, 0.6) is 0 Å². The summed E-state index contributed by atoms with van der Waals surface area (Å²) >= 11 is 0. The summed E-state index contributed by atoms with van der Waals surface area (Å²) in [6.45, 7) is 1.03. The van der Waals surface area contributed by atoms with Crippen LogP contribution in [0.15, 0.2) is 0 Å². The number of nitrogens with one attached hydrogen (secondary N) is 2. The molecule has 0 rings (SSSR count). The van der Waals surface area contributed by atoms with E-state index < -0.39 is 24.4 Å². The van der Waals surface area contributed by atoms with Gasteiger partial charge in [-0.25, -0.2) is 0 Å². The Balaban J connectivity index is 3.81. The Morgan fingerprint density at radius 2 is 1.92 bits per heavy atom. The van der Waals surface area contributed by atoms with Crippen molar-refractivity contribution in [3.05, 3.63) is 0 Å². The smallest absolute Gasteiger partial charge is 0.321 e. The largest absolute Gasteiger partial charge is 0.481 e. The fourth-order valence-electron chi connectivity index (χ4n) is 0.793. The zero-order chi connectivity index (χ0) is 10.3. The van der Waals surface area contributed by atoms with E-state index in [1.54, 1.807) is 7.05 Å². The highest BCUT2D eigenvalue weighted by atomic mass is 16.4. The highest BCUT2D eigenvalue weighted by Crippen LogP contribution is 1.91. The van der Waals surface area contributed by atoms with Crippen molar-refractivity contribution in [1.82, 2.24) is 10.6 Å². The van der Waals surface area contributed by atoms with Crippen LogP contribution in [-0.4, -0.2) is 48.3 Å². The molecule has 0 aromatic heterocycles. The van der Waals surface area contributed by atoms with Gasteiger partial charge < -0.3 is 20.8 Å². The van der Waals surface area contributed by atoms with E-state index in [2.05, 4.69) is 10.6 Å². The standard InChI is InChI=1S/C7H14N2O4/c1-8-2-3-9-5(7(12)13)4-6(10)11/h5,8-9H,2-4H2,1H3,(H,10,11)(H,12,13)/t5-/m0/s1. The number of hydrogen-bond donors (Lipinski definition) is 4. The second-order valence-electron chi connectivity index (χ2n) is 2.55. The van der Waals surface area contributed by atoms with E-state index in [9.17, 15) is 9.59 Å². The van der Waals surface area contributed by atoms with Crippen LogP contribution in [0.3, 0.4) is 0 Å². The van der Waals surface area contributed by atoms with Crippen molar-refractivity contribution in [1.29, 1.82) is 0 Å². The lowest BCUT2D eigenvalue weighted by atomic mass is 10.2. The Morgan fingerprint density at radius 3 is 2.31 bits per heavy atom. The molecule has 6 heteroatoms. The van der Waals surface area contributed by atoms with Crippen LogP contribution in [0.4, 0.5) is 0 Å². The second kappa shape index (κ2) is 6.38. The zero-order valence-corrected chi connectivity index (χ0v) is 7.41. The molecule has 0 fully saturated rings. The van der Waals surface area contributed by atoms with Crippen molar-refractivity contribution in [3.63, 3.8) is 0 Å². The second-order valence-corrected chi connectivity index (χ2v) is 2.55. The van der Waals surface area contributed by atoms with Crippen LogP contribution in [0.1, 0.15) is 6.42 Å². The summed E-state index contributed by atoms with van der Waals surface area (Å²) < 4.78 is 0.